The Morgan fingerprint density at radius 2 is 1.54 bits per heavy atom. The van der Waals surface area contributed by atoms with Gasteiger partial charge in [-0.1, -0.05) is 36.4 Å². The first-order chi connectivity index (χ1) is 11.9. The molecule has 26 heavy (non-hydrogen) atoms. The largest absolute Gasteiger partial charge is 1.00 e. The van der Waals surface area contributed by atoms with Crippen molar-refractivity contribution in [1.29, 1.82) is 0 Å². The number of fused-ring (bicyclic) bond motifs is 2. The molecule has 1 heterocycles. The van der Waals surface area contributed by atoms with E-state index in [0.717, 1.165) is 16.3 Å². The molecule has 3 rings (SSSR count). The van der Waals surface area contributed by atoms with E-state index in [1.54, 1.807) is 11.8 Å². The van der Waals surface area contributed by atoms with Crippen molar-refractivity contribution < 1.29 is 31.8 Å². The molecule has 1 aliphatic rings. The van der Waals surface area contributed by atoms with E-state index in [0.29, 0.717) is 12.2 Å². The first-order valence-corrected chi connectivity index (χ1v) is 10.6. The van der Waals surface area contributed by atoms with Crippen LogP contribution in [0.2, 0.25) is 0 Å². The van der Waals surface area contributed by atoms with Gasteiger partial charge in [-0.15, -0.1) is 11.8 Å². The van der Waals surface area contributed by atoms with E-state index in [-0.39, 0.29) is 24.6 Å². The molecule has 0 atom stereocenters. The van der Waals surface area contributed by atoms with Gasteiger partial charge in [0.05, 0.1) is 10.1 Å². The summed E-state index contributed by atoms with van der Waals surface area (Å²) in [7, 11) is -2.07. The standard InChI is InChI=1S/C19H21NO3S2.Li/c1-14(24-12-7-13-25(21,22)23)19-15-8-3-5-10-17(15)20(2)18-11-6-4-9-16(18)19;/h3-6,8-11H,7,12-13H2,1-2H3,(H,21,22,23);/q;+1/p-1. The topological polar surface area (TPSA) is 60.4 Å². The molecule has 132 valence electrons. The number of para-hydroxylation sites is 2. The number of benzene rings is 2. The Hall–Kier alpha value is -1.16. The van der Waals surface area contributed by atoms with Gasteiger partial charge >= 0.3 is 18.9 Å². The zero-order chi connectivity index (χ0) is 18.0. The molecule has 0 aliphatic carbocycles. The number of hydrogen-bond acceptors (Lipinski definition) is 5. The summed E-state index contributed by atoms with van der Waals surface area (Å²) in [5, 5.41) is 0. The molecule has 0 aromatic heterocycles. The second kappa shape index (κ2) is 8.68. The average Bonchev–Trinajstić information content (AvgIpc) is 2.58. The van der Waals surface area contributed by atoms with Crippen LogP contribution in [-0.2, 0) is 10.1 Å². The van der Waals surface area contributed by atoms with Crippen LogP contribution < -0.4 is 23.8 Å². The van der Waals surface area contributed by atoms with Crippen LogP contribution in [0.3, 0.4) is 0 Å². The summed E-state index contributed by atoms with van der Waals surface area (Å²) >= 11 is 1.61. The maximum absolute atomic E-state index is 10.8. The smallest absolute Gasteiger partial charge is 0.748 e. The Morgan fingerprint density at radius 1 is 1.04 bits per heavy atom. The van der Waals surface area contributed by atoms with E-state index in [1.807, 2.05) is 24.3 Å². The molecular weight excluding hydrogens is 361 g/mol. The van der Waals surface area contributed by atoms with Crippen molar-refractivity contribution >= 4 is 38.8 Å². The minimum atomic E-state index is -4.14. The molecule has 0 bridgehead atoms. The third-order valence-electron chi connectivity index (χ3n) is 4.28. The zero-order valence-corrected chi connectivity index (χ0v) is 16.9. The molecule has 0 N–H and O–H groups in total. The normalized spacial score (nSPS) is 12.9. The Bertz CT molecular complexity index is 876. The summed E-state index contributed by atoms with van der Waals surface area (Å²) in [5.41, 5.74) is 5.83. The van der Waals surface area contributed by atoms with Crippen molar-refractivity contribution in [2.75, 3.05) is 23.5 Å². The van der Waals surface area contributed by atoms with E-state index in [1.165, 1.54) is 16.7 Å². The second-order valence-electron chi connectivity index (χ2n) is 5.99. The number of hydrogen-bond donors (Lipinski definition) is 0. The molecule has 2 aromatic rings. The number of anilines is 2. The molecule has 2 aromatic carbocycles. The maximum Gasteiger partial charge on any atom is 1.00 e. The summed E-state index contributed by atoms with van der Waals surface area (Å²) in [6.07, 6.45) is 0.365. The summed E-state index contributed by atoms with van der Waals surface area (Å²) < 4.78 is 32.3. The molecule has 4 nitrogen and oxygen atoms in total. The first kappa shape index (κ1) is 21.1. The van der Waals surface area contributed by atoms with Gasteiger partial charge in [0.15, 0.2) is 0 Å². The van der Waals surface area contributed by atoms with E-state index >= 15 is 0 Å². The number of thioether (sulfide) groups is 1. The van der Waals surface area contributed by atoms with Crippen molar-refractivity contribution in [2.45, 2.75) is 13.3 Å². The van der Waals surface area contributed by atoms with Crippen LogP contribution in [0.5, 0.6) is 0 Å². The van der Waals surface area contributed by atoms with Gasteiger partial charge in [-0.3, -0.25) is 0 Å². The SMILES string of the molecule is CC(SCCCS(=O)(=O)[O-])=C1c2ccccc2N(C)c2ccccc21.[Li+]. The first-order valence-electron chi connectivity index (χ1n) is 8.08. The molecule has 7 heteroatoms. The average molecular weight is 381 g/mol. The van der Waals surface area contributed by atoms with E-state index in [4.69, 9.17) is 0 Å². The third-order valence-corrected chi connectivity index (χ3v) is 6.20. The predicted molar refractivity (Wildman–Crippen MR) is 104 cm³/mol. The second-order valence-corrected chi connectivity index (χ2v) is 8.82. The molecule has 0 amide bonds. The van der Waals surface area contributed by atoms with Crippen LogP contribution in [0.4, 0.5) is 11.4 Å². The van der Waals surface area contributed by atoms with E-state index < -0.39 is 10.1 Å². The molecule has 0 saturated carbocycles. The van der Waals surface area contributed by atoms with E-state index in [9.17, 15) is 13.0 Å². The van der Waals surface area contributed by atoms with Gasteiger partial charge in [0.2, 0.25) is 0 Å². The minimum absolute atomic E-state index is 0. The van der Waals surface area contributed by atoms with Gasteiger partial charge in [0, 0.05) is 40.9 Å². The van der Waals surface area contributed by atoms with Gasteiger partial charge in [0.25, 0.3) is 0 Å². The number of nitrogens with zero attached hydrogens (tertiary/aromatic N) is 1. The van der Waals surface area contributed by atoms with Gasteiger partial charge in [0.1, 0.15) is 0 Å². The molecule has 0 saturated heterocycles. The maximum atomic E-state index is 10.8. The van der Waals surface area contributed by atoms with Crippen LogP contribution in [0.15, 0.2) is 53.4 Å². The summed E-state index contributed by atoms with van der Waals surface area (Å²) in [6, 6.07) is 16.6. The minimum Gasteiger partial charge on any atom is -0.748 e. The van der Waals surface area contributed by atoms with Crippen molar-refractivity contribution in [3.63, 3.8) is 0 Å². The number of rotatable bonds is 5. The van der Waals surface area contributed by atoms with Crippen molar-refractivity contribution in [2.24, 2.45) is 0 Å². The van der Waals surface area contributed by atoms with Crippen molar-refractivity contribution in [3.05, 3.63) is 64.6 Å². The Morgan fingerprint density at radius 3 is 2.04 bits per heavy atom. The molecule has 0 radical (unpaired) electrons. The van der Waals surface area contributed by atoms with Crippen LogP contribution in [0.25, 0.3) is 5.57 Å². The summed E-state index contributed by atoms with van der Waals surface area (Å²) in [5.74, 6) is 0.301. The molecule has 0 unspecified atom stereocenters. The fraction of sp³-hybridized carbons (Fsp3) is 0.263. The van der Waals surface area contributed by atoms with Crippen molar-refractivity contribution in [1.82, 2.24) is 0 Å². The Kier molecular flexibility index (Phi) is 7.06. The molecular formula is C19H20LiNO3S2. The molecule has 0 spiro atoms. The summed E-state index contributed by atoms with van der Waals surface area (Å²) in [4.78, 5) is 3.33. The van der Waals surface area contributed by atoms with Gasteiger partial charge in [-0.25, -0.2) is 8.42 Å². The molecule has 0 fully saturated rings. The Labute approximate surface area is 171 Å². The van der Waals surface area contributed by atoms with Crippen LogP contribution in [0.1, 0.15) is 24.5 Å². The van der Waals surface area contributed by atoms with Crippen LogP contribution in [0, 0.1) is 0 Å². The Balaban J connectivity index is 0.00000243. The predicted octanol–water partition coefficient (Wildman–Crippen LogP) is 1.22. The van der Waals surface area contributed by atoms with Gasteiger partial charge in [-0.2, -0.15) is 0 Å². The zero-order valence-electron chi connectivity index (χ0n) is 15.2. The molecule has 1 aliphatic heterocycles. The third kappa shape index (κ3) is 4.57. The fourth-order valence-corrected chi connectivity index (χ4v) is 4.78. The van der Waals surface area contributed by atoms with Crippen LogP contribution >= 0.6 is 11.8 Å². The monoisotopic (exact) mass is 381 g/mol. The van der Waals surface area contributed by atoms with E-state index in [2.05, 4.69) is 43.1 Å². The summed E-state index contributed by atoms with van der Waals surface area (Å²) in [6.45, 7) is 2.06. The van der Waals surface area contributed by atoms with Crippen LogP contribution in [-0.4, -0.2) is 31.5 Å². The quantitative estimate of drug-likeness (QED) is 0.443. The van der Waals surface area contributed by atoms with Gasteiger partial charge < -0.3 is 9.45 Å². The number of allylic oxidation sites excluding steroid dienone is 1. The van der Waals surface area contributed by atoms with Crippen molar-refractivity contribution in [3.8, 4) is 0 Å². The fourth-order valence-electron chi connectivity index (χ4n) is 3.14. The van der Waals surface area contributed by atoms with Gasteiger partial charge in [-0.05, 0) is 36.1 Å².